The van der Waals surface area contributed by atoms with Crippen molar-refractivity contribution in [3.63, 3.8) is 0 Å². The van der Waals surface area contributed by atoms with E-state index in [0.717, 1.165) is 4.90 Å². The summed E-state index contributed by atoms with van der Waals surface area (Å²) in [7, 11) is 0. The van der Waals surface area contributed by atoms with Crippen molar-refractivity contribution in [2.75, 3.05) is 0 Å². The summed E-state index contributed by atoms with van der Waals surface area (Å²) in [5.74, 6) is 0. The first-order valence-electron chi connectivity index (χ1n) is 5.12. The van der Waals surface area contributed by atoms with Crippen LogP contribution in [-0.2, 0) is 0 Å². The summed E-state index contributed by atoms with van der Waals surface area (Å²) < 4.78 is 0.571. The van der Waals surface area contributed by atoms with Crippen molar-refractivity contribution in [2.45, 2.75) is 22.1 Å². The van der Waals surface area contributed by atoms with Gasteiger partial charge in [-0.15, -0.1) is 11.3 Å². The molecule has 2 rings (SSSR count). The molecule has 5 nitrogen and oxygen atoms in total. The molecule has 0 saturated carbocycles. The van der Waals surface area contributed by atoms with Gasteiger partial charge in [-0.25, -0.2) is 0 Å². The number of aliphatic hydroxyl groups is 1. The molecule has 0 radical (unpaired) electrons. The van der Waals surface area contributed by atoms with E-state index >= 15 is 0 Å². The summed E-state index contributed by atoms with van der Waals surface area (Å²) in [6.07, 6.45) is 2.58. The molecule has 2 aromatic rings. The van der Waals surface area contributed by atoms with Crippen LogP contribution < -0.4 is 0 Å². The quantitative estimate of drug-likeness (QED) is 0.688. The second-order valence-electron chi connectivity index (χ2n) is 3.54. The van der Waals surface area contributed by atoms with E-state index in [9.17, 15) is 15.2 Å². The Morgan fingerprint density at radius 2 is 2.17 bits per heavy atom. The molecule has 1 N–H and O–H groups in total. The second kappa shape index (κ2) is 5.47. The highest BCUT2D eigenvalue weighted by atomic mass is 32.2. The number of rotatable bonds is 4. The van der Waals surface area contributed by atoms with Gasteiger partial charge in [-0.2, -0.15) is 0 Å². The Hall–Kier alpha value is -1.44. The van der Waals surface area contributed by atoms with Crippen LogP contribution in [0, 0.1) is 10.1 Å². The van der Waals surface area contributed by atoms with Crippen LogP contribution in [-0.4, -0.2) is 15.0 Å². The number of aliphatic hydroxyl groups excluding tert-OH is 1. The molecule has 1 atom stereocenters. The Balaban J connectivity index is 2.34. The van der Waals surface area contributed by atoms with E-state index in [0.29, 0.717) is 9.09 Å². The lowest BCUT2D eigenvalue weighted by atomic mass is 10.3. The smallest absolute Gasteiger partial charge is 0.294 e. The number of hydrogen-bond donors (Lipinski definition) is 1. The molecule has 0 fully saturated rings. The topological polar surface area (TPSA) is 76.3 Å². The molecule has 0 aliphatic carbocycles. The van der Waals surface area contributed by atoms with E-state index in [1.807, 2.05) is 0 Å². The molecule has 0 unspecified atom stereocenters. The summed E-state index contributed by atoms with van der Waals surface area (Å²) in [6.45, 7) is 1.59. The van der Waals surface area contributed by atoms with Crippen molar-refractivity contribution < 1.29 is 10.0 Å². The monoisotopic (exact) mass is 282 g/mol. The van der Waals surface area contributed by atoms with Gasteiger partial charge >= 0.3 is 0 Å². The average Bonchev–Trinajstić information content (AvgIpc) is 2.74. The predicted octanol–water partition coefficient (Wildman–Crippen LogP) is 3.26. The van der Waals surface area contributed by atoms with Gasteiger partial charge in [0.2, 0.25) is 0 Å². The third-order valence-corrected chi connectivity index (χ3v) is 4.66. The summed E-state index contributed by atoms with van der Waals surface area (Å²) in [5, 5.41) is 20.4. The first-order valence-corrected chi connectivity index (χ1v) is 6.75. The van der Waals surface area contributed by atoms with Crippen LogP contribution in [0.15, 0.2) is 39.7 Å². The summed E-state index contributed by atoms with van der Waals surface area (Å²) in [5.41, 5.74) is 0.0395. The molecule has 0 aromatic carbocycles. The second-order valence-corrected chi connectivity index (χ2v) is 5.97. The number of aromatic nitrogens is 1. The van der Waals surface area contributed by atoms with Crippen LogP contribution in [0.2, 0.25) is 0 Å². The maximum atomic E-state index is 11.0. The van der Waals surface area contributed by atoms with Crippen LogP contribution in [0.4, 0.5) is 5.69 Å². The lowest BCUT2D eigenvalue weighted by Gasteiger charge is -1.98. The summed E-state index contributed by atoms with van der Waals surface area (Å²) >= 11 is 2.55. The van der Waals surface area contributed by atoms with Crippen molar-refractivity contribution in [1.82, 2.24) is 4.98 Å². The molecule has 2 heterocycles. The molecule has 0 bridgehead atoms. The van der Waals surface area contributed by atoms with Crippen molar-refractivity contribution in [3.05, 3.63) is 45.6 Å². The normalized spacial score (nSPS) is 12.3. The highest BCUT2D eigenvalue weighted by Crippen LogP contribution is 2.42. The standard InChI is InChI=1S/C11H10N2O3S2/c1-7(14)10-6-9(13(15)16)11(18-10)17-8-2-4-12-5-3-8/h2-7,14H,1H3/t7-/m1/s1. The van der Waals surface area contributed by atoms with Gasteiger partial charge in [-0.3, -0.25) is 15.1 Å². The van der Waals surface area contributed by atoms with Gasteiger partial charge in [0, 0.05) is 28.2 Å². The van der Waals surface area contributed by atoms with E-state index in [1.54, 1.807) is 31.5 Å². The van der Waals surface area contributed by atoms with Gasteiger partial charge in [0.05, 0.1) is 11.0 Å². The first kappa shape index (κ1) is 13.0. The largest absolute Gasteiger partial charge is 0.388 e. The van der Waals surface area contributed by atoms with Crippen molar-refractivity contribution >= 4 is 28.8 Å². The molecule has 0 aliphatic heterocycles. The Bertz CT molecular complexity index is 555. The highest BCUT2D eigenvalue weighted by Gasteiger charge is 2.21. The third kappa shape index (κ3) is 2.87. The lowest BCUT2D eigenvalue weighted by Crippen LogP contribution is -1.87. The Morgan fingerprint density at radius 1 is 1.50 bits per heavy atom. The predicted molar refractivity (Wildman–Crippen MR) is 70.0 cm³/mol. The lowest BCUT2D eigenvalue weighted by molar-refractivity contribution is -0.387. The van der Waals surface area contributed by atoms with Crippen LogP contribution in [0.1, 0.15) is 17.9 Å². The fourth-order valence-electron chi connectivity index (χ4n) is 1.30. The molecule has 0 aliphatic rings. The number of thiophene rings is 1. The van der Waals surface area contributed by atoms with E-state index in [-0.39, 0.29) is 5.69 Å². The summed E-state index contributed by atoms with van der Waals surface area (Å²) in [6, 6.07) is 5.01. The third-order valence-electron chi connectivity index (χ3n) is 2.17. The fourth-order valence-corrected chi connectivity index (χ4v) is 3.55. The van der Waals surface area contributed by atoms with Gasteiger partial charge in [0.15, 0.2) is 0 Å². The van der Waals surface area contributed by atoms with E-state index in [1.165, 1.54) is 29.2 Å². The molecule has 0 saturated heterocycles. The maximum absolute atomic E-state index is 11.0. The number of nitrogens with zero attached hydrogens (tertiary/aromatic N) is 2. The maximum Gasteiger partial charge on any atom is 0.294 e. The SMILES string of the molecule is C[C@@H](O)c1cc([N+](=O)[O-])c(Sc2ccncc2)s1. The molecule has 0 amide bonds. The number of nitro groups is 1. The van der Waals surface area contributed by atoms with E-state index in [4.69, 9.17) is 0 Å². The molecule has 18 heavy (non-hydrogen) atoms. The van der Waals surface area contributed by atoms with Crippen molar-refractivity contribution in [2.24, 2.45) is 0 Å². The molecule has 2 aromatic heterocycles. The van der Waals surface area contributed by atoms with Gasteiger partial charge in [0.1, 0.15) is 4.21 Å². The van der Waals surface area contributed by atoms with Crippen LogP contribution >= 0.6 is 23.1 Å². The van der Waals surface area contributed by atoms with E-state index in [2.05, 4.69) is 4.98 Å². The number of hydrogen-bond acceptors (Lipinski definition) is 6. The zero-order valence-electron chi connectivity index (χ0n) is 9.44. The first-order chi connectivity index (χ1) is 8.58. The van der Waals surface area contributed by atoms with Crippen LogP contribution in [0.25, 0.3) is 0 Å². The van der Waals surface area contributed by atoms with E-state index < -0.39 is 11.0 Å². The van der Waals surface area contributed by atoms with Crippen LogP contribution in [0.3, 0.4) is 0 Å². The minimum atomic E-state index is -0.694. The Kier molecular flexibility index (Phi) is 3.95. The summed E-state index contributed by atoms with van der Waals surface area (Å²) in [4.78, 5) is 15.9. The molecule has 94 valence electrons. The fraction of sp³-hybridized carbons (Fsp3) is 0.182. The zero-order chi connectivity index (χ0) is 13.1. The Morgan fingerprint density at radius 3 is 2.72 bits per heavy atom. The minimum Gasteiger partial charge on any atom is -0.388 e. The van der Waals surface area contributed by atoms with Crippen molar-refractivity contribution in [3.8, 4) is 0 Å². The van der Waals surface area contributed by atoms with Crippen LogP contribution in [0.5, 0.6) is 0 Å². The molecule has 7 heteroatoms. The minimum absolute atomic E-state index is 0.0395. The average molecular weight is 282 g/mol. The zero-order valence-corrected chi connectivity index (χ0v) is 11.1. The Labute approximate surface area is 112 Å². The van der Waals surface area contributed by atoms with Gasteiger partial charge in [-0.1, -0.05) is 11.8 Å². The van der Waals surface area contributed by atoms with Gasteiger partial charge in [-0.05, 0) is 19.1 Å². The van der Waals surface area contributed by atoms with Crippen molar-refractivity contribution in [1.29, 1.82) is 0 Å². The molecular weight excluding hydrogens is 272 g/mol. The van der Waals surface area contributed by atoms with Gasteiger partial charge in [0.25, 0.3) is 5.69 Å². The molecule has 0 spiro atoms. The van der Waals surface area contributed by atoms with Gasteiger partial charge < -0.3 is 5.11 Å². The highest BCUT2D eigenvalue weighted by molar-refractivity contribution is 8.01. The molecular formula is C11H10N2O3S2. The number of pyridine rings is 1.